The molecule has 1 aromatic carbocycles. The second-order valence-corrected chi connectivity index (χ2v) is 7.82. The van der Waals surface area contributed by atoms with Gasteiger partial charge in [0.25, 0.3) is 0 Å². The van der Waals surface area contributed by atoms with Crippen LogP contribution < -0.4 is 4.90 Å². The highest BCUT2D eigenvalue weighted by molar-refractivity contribution is 5.79. The SMILES string of the molecule is Cc1ncnc(N2CCN(Cc3nc4ccc(-c5cn(C(F)F)nn5)cc4o3)CC2)c1C. The lowest BCUT2D eigenvalue weighted by atomic mass is 10.1. The van der Waals surface area contributed by atoms with E-state index in [1.54, 1.807) is 24.5 Å². The number of aryl methyl sites for hydroxylation is 1. The average Bonchev–Trinajstić information content (AvgIpc) is 3.43. The third kappa shape index (κ3) is 3.91. The minimum absolute atomic E-state index is 0.358. The van der Waals surface area contributed by atoms with Gasteiger partial charge in [0.2, 0.25) is 5.89 Å². The smallest absolute Gasteiger partial charge is 0.334 e. The van der Waals surface area contributed by atoms with Gasteiger partial charge in [-0.2, -0.15) is 13.5 Å². The van der Waals surface area contributed by atoms with Gasteiger partial charge in [-0.3, -0.25) is 4.90 Å². The Labute approximate surface area is 182 Å². The maximum atomic E-state index is 12.8. The van der Waals surface area contributed by atoms with Gasteiger partial charge in [0.05, 0.1) is 12.7 Å². The fourth-order valence-electron chi connectivity index (χ4n) is 3.86. The maximum Gasteiger partial charge on any atom is 0.334 e. The summed E-state index contributed by atoms with van der Waals surface area (Å²) in [5, 5.41) is 7.25. The van der Waals surface area contributed by atoms with Crippen LogP contribution in [0.3, 0.4) is 0 Å². The zero-order valence-corrected chi connectivity index (χ0v) is 17.7. The summed E-state index contributed by atoms with van der Waals surface area (Å²) in [4.78, 5) is 17.9. The zero-order chi connectivity index (χ0) is 22.2. The number of aromatic nitrogens is 6. The molecule has 0 aliphatic carbocycles. The van der Waals surface area contributed by atoms with E-state index < -0.39 is 6.55 Å². The van der Waals surface area contributed by atoms with Crippen molar-refractivity contribution in [2.75, 3.05) is 31.1 Å². The van der Waals surface area contributed by atoms with Gasteiger partial charge in [-0.1, -0.05) is 11.3 Å². The Morgan fingerprint density at radius 1 is 1.09 bits per heavy atom. The molecule has 9 nitrogen and oxygen atoms in total. The van der Waals surface area contributed by atoms with Crippen LogP contribution >= 0.6 is 0 Å². The van der Waals surface area contributed by atoms with Crippen molar-refractivity contribution >= 4 is 16.9 Å². The third-order valence-electron chi connectivity index (χ3n) is 5.78. The zero-order valence-electron chi connectivity index (χ0n) is 17.7. The van der Waals surface area contributed by atoms with Crippen LogP contribution in [0.2, 0.25) is 0 Å². The first-order valence-corrected chi connectivity index (χ1v) is 10.3. The molecule has 0 N–H and O–H groups in total. The van der Waals surface area contributed by atoms with E-state index >= 15 is 0 Å². The Bertz CT molecular complexity index is 1250. The second-order valence-electron chi connectivity index (χ2n) is 7.82. The van der Waals surface area contributed by atoms with Crippen LogP contribution in [0.5, 0.6) is 0 Å². The van der Waals surface area contributed by atoms with E-state index in [-0.39, 0.29) is 0 Å². The van der Waals surface area contributed by atoms with Gasteiger partial charge in [0, 0.05) is 43.0 Å². The van der Waals surface area contributed by atoms with Crippen molar-refractivity contribution in [2.45, 2.75) is 26.9 Å². The number of fused-ring (bicyclic) bond motifs is 1. The fraction of sp³-hybridized carbons (Fsp3) is 0.381. The first-order valence-electron chi connectivity index (χ1n) is 10.3. The van der Waals surface area contributed by atoms with Gasteiger partial charge < -0.3 is 9.32 Å². The molecule has 1 fully saturated rings. The van der Waals surface area contributed by atoms with Gasteiger partial charge in [-0.25, -0.2) is 15.0 Å². The lowest BCUT2D eigenvalue weighted by Gasteiger charge is -2.35. The summed E-state index contributed by atoms with van der Waals surface area (Å²) >= 11 is 0. The number of anilines is 1. The lowest BCUT2D eigenvalue weighted by Crippen LogP contribution is -2.46. The Hall–Kier alpha value is -3.47. The third-order valence-corrected chi connectivity index (χ3v) is 5.78. The molecule has 4 heterocycles. The van der Waals surface area contributed by atoms with E-state index in [0.717, 1.165) is 48.8 Å². The first kappa shape index (κ1) is 20.4. The summed E-state index contributed by atoms with van der Waals surface area (Å²) in [7, 11) is 0. The largest absolute Gasteiger partial charge is 0.439 e. The Morgan fingerprint density at radius 2 is 1.91 bits per heavy atom. The molecule has 0 saturated carbocycles. The predicted molar refractivity (Wildman–Crippen MR) is 113 cm³/mol. The number of benzene rings is 1. The monoisotopic (exact) mass is 440 g/mol. The van der Waals surface area contributed by atoms with E-state index in [1.165, 1.54) is 6.20 Å². The predicted octanol–water partition coefficient (Wildman–Crippen LogP) is 3.21. The fourth-order valence-corrected chi connectivity index (χ4v) is 3.86. The normalized spacial score (nSPS) is 15.2. The van der Waals surface area contributed by atoms with E-state index in [9.17, 15) is 8.78 Å². The number of oxazole rings is 1. The number of rotatable bonds is 5. The minimum atomic E-state index is -2.72. The molecule has 1 aliphatic rings. The number of hydrogen-bond donors (Lipinski definition) is 0. The van der Waals surface area contributed by atoms with Crippen LogP contribution in [-0.4, -0.2) is 61.0 Å². The Morgan fingerprint density at radius 3 is 2.66 bits per heavy atom. The minimum Gasteiger partial charge on any atom is -0.439 e. The number of piperazine rings is 1. The van der Waals surface area contributed by atoms with Crippen molar-refractivity contribution in [3.8, 4) is 11.3 Å². The molecule has 0 atom stereocenters. The van der Waals surface area contributed by atoms with Crippen LogP contribution in [0.1, 0.15) is 23.7 Å². The van der Waals surface area contributed by atoms with Crippen molar-refractivity contribution in [3.05, 3.63) is 47.9 Å². The highest BCUT2D eigenvalue weighted by Crippen LogP contribution is 2.25. The molecular formula is C21H22F2N8O. The van der Waals surface area contributed by atoms with Crippen LogP contribution in [0.4, 0.5) is 14.6 Å². The molecule has 0 spiro atoms. The number of hydrogen-bond acceptors (Lipinski definition) is 8. The molecule has 166 valence electrons. The molecule has 3 aromatic heterocycles. The van der Waals surface area contributed by atoms with E-state index in [0.29, 0.717) is 34.0 Å². The second kappa shape index (κ2) is 8.23. The van der Waals surface area contributed by atoms with E-state index in [1.807, 2.05) is 6.92 Å². The summed E-state index contributed by atoms with van der Waals surface area (Å²) in [5.74, 6) is 1.62. The van der Waals surface area contributed by atoms with Gasteiger partial charge >= 0.3 is 6.55 Å². The van der Waals surface area contributed by atoms with Crippen molar-refractivity contribution < 1.29 is 13.2 Å². The molecule has 5 rings (SSSR count). The van der Waals surface area contributed by atoms with Crippen LogP contribution in [0.25, 0.3) is 22.4 Å². The molecule has 1 aliphatic heterocycles. The maximum absolute atomic E-state index is 12.8. The topological polar surface area (TPSA) is 89.0 Å². The van der Waals surface area contributed by atoms with Crippen molar-refractivity contribution in [3.63, 3.8) is 0 Å². The summed E-state index contributed by atoms with van der Waals surface area (Å²) in [6, 6.07) is 5.33. The lowest BCUT2D eigenvalue weighted by molar-refractivity contribution is 0.0546. The van der Waals surface area contributed by atoms with Crippen molar-refractivity contribution in [2.24, 2.45) is 0 Å². The molecule has 1 saturated heterocycles. The standard InChI is InChI=1S/C21H22F2N8O/c1-13-14(2)24-12-25-20(13)30-7-5-29(6-8-30)11-19-26-16-4-3-15(9-18(16)32-19)17-10-31(21(22)23)28-27-17/h3-4,9-10,12,21H,5-8,11H2,1-2H3. The quantitative estimate of drug-likeness (QED) is 0.467. The molecule has 32 heavy (non-hydrogen) atoms. The molecule has 0 bridgehead atoms. The van der Waals surface area contributed by atoms with Crippen LogP contribution in [0.15, 0.2) is 35.1 Å². The van der Waals surface area contributed by atoms with Gasteiger partial charge in [0.1, 0.15) is 23.4 Å². The van der Waals surface area contributed by atoms with E-state index in [2.05, 4.69) is 42.0 Å². The van der Waals surface area contributed by atoms with Crippen LogP contribution in [0, 0.1) is 13.8 Å². The van der Waals surface area contributed by atoms with Crippen LogP contribution in [-0.2, 0) is 6.54 Å². The molecule has 0 radical (unpaired) electrons. The Kier molecular flexibility index (Phi) is 5.25. The molecule has 0 unspecified atom stereocenters. The summed E-state index contributed by atoms with van der Waals surface area (Å²) in [6.07, 6.45) is 2.83. The summed E-state index contributed by atoms with van der Waals surface area (Å²) < 4.78 is 32.0. The highest BCUT2D eigenvalue weighted by Gasteiger charge is 2.22. The number of alkyl halides is 2. The van der Waals surface area contributed by atoms with Gasteiger partial charge in [-0.05, 0) is 26.0 Å². The number of halogens is 2. The number of nitrogens with zero attached hydrogens (tertiary/aromatic N) is 8. The highest BCUT2D eigenvalue weighted by atomic mass is 19.3. The summed E-state index contributed by atoms with van der Waals surface area (Å²) in [6.45, 7) is 5.38. The average molecular weight is 440 g/mol. The summed E-state index contributed by atoms with van der Waals surface area (Å²) in [5.41, 5.74) is 4.43. The molecular weight excluding hydrogens is 418 g/mol. The van der Waals surface area contributed by atoms with E-state index in [4.69, 9.17) is 4.42 Å². The molecule has 4 aromatic rings. The van der Waals surface area contributed by atoms with Crippen molar-refractivity contribution in [1.29, 1.82) is 0 Å². The Balaban J connectivity index is 1.26. The van der Waals surface area contributed by atoms with Gasteiger partial charge in [-0.15, -0.1) is 5.10 Å². The van der Waals surface area contributed by atoms with Crippen molar-refractivity contribution in [1.82, 2.24) is 34.8 Å². The molecule has 11 heteroatoms. The first-order chi connectivity index (χ1) is 15.5. The van der Waals surface area contributed by atoms with Gasteiger partial charge in [0.15, 0.2) is 5.58 Å². The molecule has 0 amide bonds.